The van der Waals surface area contributed by atoms with Crippen LogP contribution in [0.5, 0.6) is 0 Å². The summed E-state index contributed by atoms with van der Waals surface area (Å²) in [6, 6.07) is 21.0. The minimum Gasteiger partial charge on any atom is -0.439 e. The molecular weight excluding hydrogens is 319 g/mol. The van der Waals surface area contributed by atoms with Gasteiger partial charge in [-0.3, -0.25) is 4.98 Å². The molecule has 4 nitrogen and oxygen atoms in total. The summed E-state index contributed by atoms with van der Waals surface area (Å²) in [5, 5.41) is 2.79. The van der Waals surface area contributed by atoms with Crippen LogP contribution in [0.3, 0.4) is 0 Å². The van der Waals surface area contributed by atoms with E-state index in [0.717, 1.165) is 16.8 Å². The van der Waals surface area contributed by atoms with Crippen LogP contribution in [0.4, 0.5) is 9.18 Å². The molecule has 0 aliphatic carbocycles. The Balaban J connectivity index is 1.70. The topological polar surface area (TPSA) is 51.2 Å². The summed E-state index contributed by atoms with van der Waals surface area (Å²) < 4.78 is 18.6. The lowest BCUT2D eigenvalue weighted by Gasteiger charge is -2.17. The van der Waals surface area contributed by atoms with Gasteiger partial charge >= 0.3 is 6.09 Å². The van der Waals surface area contributed by atoms with Crippen molar-refractivity contribution in [2.45, 2.75) is 12.1 Å². The number of cyclic esters (lactones) is 1. The quantitative estimate of drug-likeness (QED) is 0.772. The number of hydrogen-bond donors (Lipinski definition) is 1. The molecule has 0 spiro atoms. The van der Waals surface area contributed by atoms with E-state index in [1.54, 1.807) is 12.1 Å². The van der Waals surface area contributed by atoms with Crippen molar-refractivity contribution < 1.29 is 13.9 Å². The highest BCUT2D eigenvalue weighted by Gasteiger charge is 2.37. The maximum absolute atomic E-state index is 13.2. The lowest BCUT2D eigenvalue weighted by atomic mass is 9.99. The summed E-state index contributed by atoms with van der Waals surface area (Å²) in [4.78, 5) is 16.5. The summed E-state index contributed by atoms with van der Waals surface area (Å²) in [5.41, 5.74) is 3.23. The first-order chi connectivity index (χ1) is 12.2. The maximum Gasteiger partial charge on any atom is 0.408 e. The molecule has 4 rings (SSSR count). The van der Waals surface area contributed by atoms with Gasteiger partial charge in [-0.1, -0.05) is 48.5 Å². The summed E-state index contributed by atoms with van der Waals surface area (Å²) >= 11 is 0. The molecule has 0 bridgehead atoms. The Hall–Kier alpha value is -3.21. The minimum atomic E-state index is -0.549. The van der Waals surface area contributed by atoms with Crippen molar-refractivity contribution in [3.05, 3.63) is 89.9 Å². The van der Waals surface area contributed by atoms with Gasteiger partial charge in [-0.15, -0.1) is 0 Å². The van der Waals surface area contributed by atoms with Crippen LogP contribution in [0, 0.1) is 5.82 Å². The van der Waals surface area contributed by atoms with Gasteiger partial charge in [0.25, 0.3) is 0 Å². The SMILES string of the molecule is O=C1N[C@H](c2cccc(-c3ccccc3)n2)[C@@H](c2ccc(F)cc2)O1. The predicted octanol–water partition coefficient (Wildman–Crippen LogP) is 4.41. The molecule has 5 heteroatoms. The molecule has 0 saturated carbocycles. The molecule has 1 aliphatic rings. The lowest BCUT2D eigenvalue weighted by Crippen LogP contribution is -2.20. The highest BCUT2D eigenvalue weighted by molar-refractivity contribution is 5.71. The van der Waals surface area contributed by atoms with Gasteiger partial charge in [0.15, 0.2) is 6.10 Å². The zero-order valence-electron chi connectivity index (χ0n) is 13.2. The van der Waals surface area contributed by atoms with Crippen molar-refractivity contribution in [2.24, 2.45) is 0 Å². The number of nitrogens with one attached hydrogen (secondary N) is 1. The molecule has 1 N–H and O–H groups in total. The number of carbonyl (C=O) groups excluding carboxylic acids is 1. The smallest absolute Gasteiger partial charge is 0.408 e. The van der Waals surface area contributed by atoms with Crippen molar-refractivity contribution in [1.29, 1.82) is 0 Å². The van der Waals surface area contributed by atoms with E-state index in [0.29, 0.717) is 5.69 Å². The van der Waals surface area contributed by atoms with Gasteiger partial charge in [0.1, 0.15) is 11.9 Å². The molecule has 1 fully saturated rings. The zero-order valence-corrected chi connectivity index (χ0v) is 13.2. The van der Waals surface area contributed by atoms with E-state index in [4.69, 9.17) is 4.74 Å². The summed E-state index contributed by atoms with van der Waals surface area (Å²) in [7, 11) is 0. The van der Waals surface area contributed by atoms with E-state index >= 15 is 0 Å². The fourth-order valence-electron chi connectivity index (χ4n) is 2.96. The number of aromatic nitrogens is 1. The maximum atomic E-state index is 13.2. The lowest BCUT2D eigenvalue weighted by molar-refractivity contribution is 0.132. The molecule has 1 aromatic heterocycles. The molecule has 3 aromatic rings. The van der Waals surface area contributed by atoms with Crippen molar-refractivity contribution in [2.75, 3.05) is 0 Å². The van der Waals surface area contributed by atoms with Gasteiger partial charge < -0.3 is 10.1 Å². The standard InChI is InChI=1S/C20H15FN2O2/c21-15-11-9-14(10-12-15)19-18(23-20(24)25-19)17-8-4-7-16(22-17)13-5-2-1-3-6-13/h1-12,18-19H,(H,23,24)/t18-,19-/m1/s1. The van der Waals surface area contributed by atoms with E-state index in [1.807, 2.05) is 48.5 Å². The van der Waals surface area contributed by atoms with Crippen molar-refractivity contribution >= 4 is 6.09 Å². The zero-order chi connectivity index (χ0) is 17.2. The second kappa shape index (κ2) is 6.36. The number of ether oxygens (including phenoxy) is 1. The number of rotatable bonds is 3. The summed E-state index contributed by atoms with van der Waals surface area (Å²) in [6.45, 7) is 0. The van der Waals surface area contributed by atoms with Crippen LogP contribution in [-0.4, -0.2) is 11.1 Å². The monoisotopic (exact) mass is 334 g/mol. The molecule has 0 unspecified atom stereocenters. The third kappa shape index (κ3) is 3.08. The van der Waals surface area contributed by atoms with Crippen LogP contribution in [0.25, 0.3) is 11.3 Å². The van der Waals surface area contributed by atoms with Gasteiger partial charge in [-0.2, -0.15) is 0 Å². The highest BCUT2D eigenvalue weighted by Crippen LogP contribution is 2.36. The Bertz CT molecular complexity index is 897. The average molecular weight is 334 g/mol. The molecule has 1 amide bonds. The Morgan fingerprint density at radius 3 is 2.44 bits per heavy atom. The van der Waals surface area contributed by atoms with Crippen molar-refractivity contribution in [3.8, 4) is 11.3 Å². The number of carbonyl (C=O) groups is 1. The number of halogens is 1. The van der Waals surface area contributed by atoms with Gasteiger partial charge in [0.2, 0.25) is 0 Å². The van der Waals surface area contributed by atoms with Crippen LogP contribution in [0.2, 0.25) is 0 Å². The molecule has 1 saturated heterocycles. The van der Waals surface area contributed by atoms with Gasteiger partial charge in [0.05, 0.1) is 11.4 Å². The number of alkyl carbamates (subject to hydrolysis) is 1. The second-order valence-corrected chi connectivity index (χ2v) is 5.81. The van der Waals surface area contributed by atoms with E-state index in [1.165, 1.54) is 12.1 Å². The molecule has 1 aliphatic heterocycles. The van der Waals surface area contributed by atoms with Crippen LogP contribution < -0.4 is 5.32 Å². The Morgan fingerprint density at radius 2 is 1.68 bits per heavy atom. The molecule has 2 aromatic carbocycles. The van der Waals surface area contributed by atoms with E-state index in [2.05, 4.69) is 10.3 Å². The first-order valence-corrected chi connectivity index (χ1v) is 7.96. The molecule has 25 heavy (non-hydrogen) atoms. The molecule has 0 radical (unpaired) electrons. The van der Waals surface area contributed by atoms with Crippen molar-refractivity contribution in [3.63, 3.8) is 0 Å². The molecular formula is C20H15FN2O2. The summed E-state index contributed by atoms with van der Waals surface area (Å²) in [6.07, 6.45) is -1.06. The molecule has 2 atom stereocenters. The average Bonchev–Trinajstić information content (AvgIpc) is 3.05. The van der Waals surface area contributed by atoms with E-state index < -0.39 is 18.2 Å². The van der Waals surface area contributed by atoms with Crippen LogP contribution >= 0.6 is 0 Å². The van der Waals surface area contributed by atoms with Crippen molar-refractivity contribution in [1.82, 2.24) is 10.3 Å². The van der Waals surface area contributed by atoms with Crippen LogP contribution in [-0.2, 0) is 4.74 Å². The Kier molecular flexibility index (Phi) is 3.90. The minimum absolute atomic E-state index is 0.332. The second-order valence-electron chi connectivity index (χ2n) is 5.81. The molecule has 2 heterocycles. The van der Waals surface area contributed by atoms with Crippen LogP contribution in [0.15, 0.2) is 72.8 Å². The predicted molar refractivity (Wildman–Crippen MR) is 91.2 cm³/mol. The van der Waals surface area contributed by atoms with E-state index in [-0.39, 0.29) is 5.82 Å². The van der Waals surface area contributed by atoms with Gasteiger partial charge in [-0.25, -0.2) is 9.18 Å². The summed E-state index contributed by atoms with van der Waals surface area (Å²) in [5.74, 6) is -0.332. The number of amides is 1. The van der Waals surface area contributed by atoms with Gasteiger partial charge in [0, 0.05) is 5.56 Å². The first kappa shape index (κ1) is 15.3. The Morgan fingerprint density at radius 1 is 0.920 bits per heavy atom. The fraction of sp³-hybridized carbons (Fsp3) is 0.100. The molecule has 124 valence electrons. The number of benzene rings is 2. The number of hydrogen-bond acceptors (Lipinski definition) is 3. The first-order valence-electron chi connectivity index (χ1n) is 7.96. The third-order valence-corrected chi connectivity index (χ3v) is 4.17. The Labute approximate surface area is 144 Å². The normalized spacial score (nSPS) is 19.3. The van der Waals surface area contributed by atoms with Gasteiger partial charge in [-0.05, 0) is 29.8 Å². The van der Waals surface area contributed by atoms with E-state index in [9.17, 15) is 9.18 Å². The number of nitrogens with zero attached hydrogens (tertiary/aromatic N) is 1. The highest BCUT2D eigenvalue weighted by atomic mass is 19.1. The largest absolute Gasteiger partial charge is 0.439 e. The third-order valence-electron chi connectivity index (χ3n) is 4.17. The van der Waals surface area contributed by atoms with Crippen LogP contribution in [0.1, 0.15) is 23.4 Å². The number of pyridine rings is 1. The fourth-order valence-corrected chi connectivity index (χ4v) is 2.96.